The molecule has 0 bridgehead atoms. The first kappa shape index (κ1) is 26.5. The number of carboxylic acid groups (broad SMARTS) is 1. The van der Waals surface area contributed by atoms with Gasteiger partial charge in [0.05, 0.1) is 19.8 Å². The van der Waals surface area contributed by atoms with Gasteiger partial charge in [-0.15, -0.1) is 0 Å². The van der Waals surface area contributed by atoms with E-state index in [-0.39, 0.29) is 17.9 Å². The van der Waals surface area contributed by atoms with Crippen LogP contribution >= 0.6 is 0 Å². The molecule has 0 radical (unpaired) electrons. The second-order valence-electron chi connectivity index (χ2n) is 9.36. The second kappa shape index (κ2) is 12.1. The van der Waals surface area contributed by atoms with Crippen molar-refractivity contribution in [3.63, 3.8) is 0 Å². The van der Waals surface area contributed by atoms with E-state index >= 15 is 0 Å². The number of aromatic nitrogens is 1. The van der Waals surface area contributed by atoms with Crippen LogP contribution in [-0.2, 0) is 31.6 Å². The van der Waals surface area contributed by atoms with E-state index in [0.717, 1.165) is 42.7 Å². The number of hydrogen-bond acceptors (Lipinski definition) is 6. The highest BCUT2D eigenvalue weighted by Gasteiger charge is 2.36. The number of rotatable bonds is 11. The highest BCUT2D eigenvalue weighted by molar-refractivity contribution is 7.77. The van der Waals surface area contributed by atoms with Crippen LogP contribution in [0.2, 0.25) is 0 Å². The molecule has 34 heavy (non-hydrogen) atoms. The molecule has 0 aliphatic heterocycles. The Hall–Kier alpha value is -2.07. The minimum atomic E-state index is -1.81. The standard InChI is InChI=1S/C25H36N2O6S/c1-16(2)23(25(28)29)27(34(30)31-5)14-19-7-6-8-21(13-19)32-15-22-18(4)33-24(26-22)20-11-9-17(3)10-12-20/h9-12,16,19,21,23H,6-8,13-15H2,1-5H3,(H,28,29)/t19?,21?,23-,34?/m0/s1. The van der Waals surface area contributed by atoms with Gasteiger partial charge in [0.1, 0.15) is 17.5 Å². The van der Waals surface area contributed by atoms with Gasteiger partial charge in [-0.25, -0.2) is 9.19 Å². The zero-order chi connectivity index (χ0) is 24.8. The molecule has 3 rings (SSSR count). The summed E-state index contributed by atoms with van der Waals surface area (Å²) in [6.45, 7) is 8.31. The van der Waals surface area contributed by atoms with E-state index in [1.165, 1.54) is 17.0 Å². The van der Waals surface area contributed by atoms with Gasteiger partial charge in [0, 0.05) is 12.1 Å². The third kappa shape index (κ3) is 6.75. The maximum Gasteiger partial charge on any atom is 0.322 e. The lowest BCUT2D eigenvalue weighted by Crippen LogP contribution is -2.48. The summed E-state index contributed by atoms with van der Waals surface area (Å²) >= 11 is -1.81. The van der Waals surface area contributed by atoms with Gasteiger partial charge in [-0.3, -0.25) is 8.98 Å². The summed E-state index contributed by atoms with van der Waals surface area (Å²) in [6, 6.07) is 7.17. The fraction of sp³-hybridized carbons (Fsp3) is 0.600. The summed E-state index contributed by atoms with van der Waals surface area (Å²) in [5.74, 6) is 0.300. The van der Waals surface area contributed by atoms with Crippen molar-refractivity contribution in [2.24, 2.45) is 11.8 Å². The summed E-state index contributed by atoms with van der Waals surface area (Å²) in [6.07, 6.45) is 3.62. The molecule has 9 heteroatoms. The number of carboxylic acids is 1. The number of ether oxygens (including phenoxy) is 1. The van der Waals surface area contributed by atoms with E-state index in [4.69, 9.17) is 13.3 Å². The first-order valence-electron chi connectivity index (χ1n) is 11.8. The highest BCUT2D eigenvalue weighted by atomic mass is 32.2. The van der Waals surface area contributed by atoms with E-state index < -0.39 is 23.3 Å². The Bertz CT molecular complexity index is 974. The summed E-state index contributed by atoms with van der Waals surface area (Å²) < 4.78 is 31.1. The van der Waals surface area contributed by atoms with Crippen LogP contribution in [0, 0.1) is 25.7 Å². The maximum atomic E-state index is 12.5. The van der Waals surface area contributed by atoms with Crippen LogP contribution in [0.25, 0.3) is 11.5 Å². The molecule has 8 nitrogen and oxygen atoms in total. The summed E-state index contributed by atoms with van der Waals surface area (Å²) in [5, 5.41) is 9.70. The molecular weight excluding hydrogens is 456 g/mol. The van der Waals surface area contributed by atoms with Crippen LogP contribution < -0.4 is 0 Å². The average Bonchev–Trinajstić information content (AvgIpc) is 3.17. The van der Waals surface area contributed by atoms with Gasteiger partial charge in [0.15, 0.2) is 0 Å². The molecule has 1 N–H and O–H groups in total. The molecule has 1 aliphatic rings. The van der Waals surface area contributed by atoms with Crippen molar-refractivity contribution in [1.29, 1.82) is 0 Å². The van der Waals surface area contributed by atoms with Gasteiger partial charge in [-0.05, 0) is 57.1 Å². The van der Waals surface area contributed by atoms with Gasteiger partial charge in [-0.2, -0.15) is 4.31 Å². The van der Waals surface area contributed by atoms with Gasteiger partial charge in [0.2, 0.25) is 17.2 Å². The monoisotopic (exact) mass is 492 g/mol. The molecule has 4 atom stereocenters. The third-order valence-corrected chi connectivity index (χ3v) is 7.39. The lowest BCUT2D eigenvalue weighted by molar-refractivity contribution is -0.143. The number of hydrogen-bond donors (Lipinski definition) is 1. The number of carbonyl (C=O) groups is 1. The number of nitrogens with zero attached hydrogens (tertiary/aromatic N) is 2. The summed E-state index contributed by atoms with van der Waals surface area (Å²) in [4.78, 5) is 16.5. The summed E-state index contributed by atoms with van der Waals surface area (Å²) in [5.41, 5.74) is 2.89. The third-order valence-electron chi connectivity index (χ3n) is 6.35. The van der Waals surface area contributed by atoms with E-state index in [2.05, 4.69) is 4.98 Å². The first-order chi connectivity index (χ1) is 16.2. The zero-order valence-corrected chi connectivity index (χ0v) is 21.5. The van der Waals surface area contributed by atoms with Gasteiger partial charge in [-0.1, -0.05) is 38.0 Å². The predicted octanol–water partition coefficient (Wildman–Crippen LogP) is 4.67. The molecule has 3 unspecified atom stereocenters. The Morgan fingerprint density at radius 3 is 2.59 bits per heavy atom. The quantitative estimate of drug-likeness (QED) is 0.486. The Balaban J connectivity index is 1.62. The molecule has 2 aromatic rings. The van der Waals surface area contributed by atoms with Crippen LogP contribution in [0.4, 0.5) is 0 Å². The minimum Gasteiger partial charge on any atom is -0.480 e. The smallest absolute Gasteiger partial charge is 0.322 e. The van der Waals surface area contributed by atoms with Gasteiger partial charge < -0.3 is 14.3 Å². The Labute approximate surface area is 204 Å². The normalized spacial score (nSPS) is 20.6. The molecule has 0 amide bonds. The Morgan fingerprint density at radius 2 is 1.97 bits per heavy atom. The number of oxazole rings is 1. The van der Waals surface area contributed by atoms with Crippen molar-refractivity contribution >= 4 is 17.2 Å². The molecule has 1 fully saturated rings. The minimum absolute atomic E-state index is 0.0258. The van der Waals surface area contributed by atoms with Crippen molar-refractivity contribution < 1.29 is 27.4 Å². The lowest BCUT2D eigenvalue weighted by Gasteiger charge is -2.35. The molecular formula is C25H36N2O6S. The van der Waals surface area contributed by atoms with Crippen LogP contribution in [0.3, 0.4) is 0 Å². The molecule has 1 heterocycles. The van der Waals surface area contributed by atoms with Gasteiger partial charge >= 0.3 is 5.97 Å². The number of aliphatic carboxylic acids is 1. The SMILES string of the molecule is COS(=O)N(CC1CCCC(OCc2nc(-c3ccc(C)cc3)oc2C)C1)[C@H](C(=O)O)C(C)C. The molecule has 1 aliphatic carbocycles. The Kier molecular flexibility index (Phi) is 9.41. The summed E-state index contributed by atoms with van der Waals surface area (Å²) in [7, 11) is 1.33. The number of benzene rings is 1. The molecule has 1 aromatic carbocycles. The molecule has 188 valence electrons. The van der Waals surface area contributed by atoms with E-state index in [1.807, 2.05) is 52.0 Å². The van der Waals surface area contributed by atoms with Crippen LogP contribution in [0.5, 0.6) is 0 Å². The zero-order valence-electron chi connectivity index (χ0n) is 20.7. The molecule has 1 aromatic heterocycles. The van der Waals surface area contributed by atoms with Crippen molar-refractivity contribution in [2.45, 2.75) is 72.1 Å². The fourth-order valence-corrected chi connectivity index (χ4v) is 5.54. The predicted molar refractivity (Wildman–Crippen MR) is 130 cm³/mol. The van der Waals surface area contributed by atoms with Crippen LogP contribution in [0.1, 0.15) is 56.5 Å². The van der Waals surface area contributed by atoms with Crippen LogP contribution in [0.15, 0.2) is 28.7 Å². The van der Waals surface area contributed by atoms with E-state index in [1.54, 1.807) is 0 Å². The molecule has 0 spiro atoms. The van der Waals surface area contributed by atoms with E-state index in [0.29, 0.717) is 19.0 Å². The van der Waals surface area contributed by atoms with Crippen molar-refractivity contribution in [2.75, 3.05) is 13.7 Å². The van der Waals surface area contributed by atoms with Crippen molar-refractivity contribution in [3.8, 4) is 11.5 Å². The van der Waals surface area contributed by atoms with Crippen molar-refractivity contribution in [3.05, 3.63) is 41.3 Å². The highest BCUT2D eigenvalue weighted by Crippen LogP contribution is 2.30. The van der Waals surface area contributed by atoms with Crippen molar-refractivity contribution in [1.82, 2.24) is 9.29 Å². The maximum absolute atomic E-state index is 12.5. The number of aryl methyl sites for hydroxylation is 2. The average molecular weight is 493 g/mol. The topological polar surface area (TPSA) is 102 Å². The largest absolute Gasteiger partial charge is 0.480 e. The Morgan fingerprint density at radius 1 is 1.26 bits per heavy atom. The first-order valence-corrected chi connectivity index (χ1v) is 12.8. The second-order valence-corrected chi connectivity index (χ2v) is 10.6. The molecule has 1 saturated carbocycles. The van der Waals surface area contributed by atoms with Crippen LogP contribution in [-0.4, -0.2) is 50.4 Å². The van der Waals surface area contributed by atoms with Gasteiger partial charge in [0.25, 0.3) is 0 Å². The molecule has 0 saturated heterocycles. The van der Waals surface area contributed by atoms with E-state index in [9.17, 15) is 14.1 Å². The lowest BCUT2D eigenvalue weighted by atomic mass is 9.86. The fourth-order valence-electron chi connectivity index (χ4n) is 4.50.